The van der Waals surface area contributed by atoms with Gasteiger partial charge in [-0.05, 0) is 49.2 Å². The van der Waals surface area contributed by atoms with Crippen molar-refractivity contribution in [2.24, 2.45) is 0 Å². The Morgan fingerprint density at radius 2 is 1.73 bits per heavy atom. The van der Waals surface area contributed by atoms with E-state index in [9.17, 15) is 9.59 Å². The molecule has 3 aromatic rings. The fourth-order valence-corrected chi connectivity index (χ4v) is 5.16. The summed E-state index contributed by atoms with van der Waals surface area (Å²) in [5.41, 5.74) is 3.35. The number of hydrogen-bond donors (Lipinski definition) is 2. The fraction of sp³-hybridized carbons (Fsp3) is 0.174. The molecule has 0 amide bonds. The number of esters is 1. The van der Waals surface area contributed by atoms with Crippen LogP contribution >= 0.6 is 23.6 Å². The van der Waals surface area contributed by atoms with E-state index >= 15 is 0 Å². The van der Waals surface area contributed by atoms with Crippen molar-refractivity contribution in [1.82, 2.24) is 0 Å². The maximum absolute atomic E-state index is 12.9. The lowest BCUT2D eigenvalue weighted by Gasteiger charge is -2.14. The number of nitrogens with one attached hydrogen (secondary N) is 2. The predicted octanol–water partition coefficient (Wildman–Crippen LogP) is 5.06. The Labute approximate surface area is 184 Å². The molecule has 0 saturated carbocycles. The lowest BCUT2D eigenvalue weighted by atomic mass is 10.0. The molecule has 30 heavy (non-hydrogen) atoms. The summed E-state index contributed by atoms with van der Waals surface area (Å²) in [6, 6.07) is 16.3. The van der Waals surface area contributed by atoms with Crippen LogP contribution in [-0.2, 0) is 17.6 Å². The summed E-state index contributed by atoms with van der Waals surface area (Å²) in [6.07, 6.45) is 2.87. The first-order valence-corrected chi connectivity index (χ1v) is 10.8. The van der Waals surface area contributed by atoms with Gasteiger partial charge in [-0.3, -0.25) is 4.79 Å². The number of ketones is 1. The van der Waals surface area contributed by atoms with Gasteiger partial charge in [0, 0.05) is 16.0 Å². The predicted molar refractivity (Wildman–Crippen MR) is 124 cm³/mol. The molecule has 2 aromatic carbocycles. The summed E-state index contributed by atoms with van der Waals surface area (Å²) in [5, 5.41) is 7.24. The third kappa shape index (κ3) is 3.99. The number of carbonyl (C=O) groups excluding carboxylic acids is 2. The molecule has 0 saturated heterocycles. The molecule has 152 valence electrons. The van der Waals surface area contributed by atoms with Crippen LogP contribution in [-0.4, -0.2) is 24.0 Å². The van der Waals surface area contributed by atoms with Crippen molar-refractivity contribution in [3.63, 3.8) is 0 Å². The van der Waals surface area contributed by atoms with E-state index in [1.54, 1.807) is 24.3 Å². The molecule has 0 unspecified atom stereocenters. The topological polar surface area (TPSA) is 67.4 Å². The van der Waals surface area contributed by atoms with Crippen LogP contribution in [0.15, 0.2) is 54.6 Å². The van der Waals surface area contributed by atoms with Crippen LogP contribution < -0.4 is 10.6 Å². The van der Waals surface area contributed by atoms with Crippen molar-refractivity contribution in [2.75, 3.05) is 17.7 Å². The molecular weight excluding hydrogens is 416 g/mol. The van der Waals surface area contributed by atoms with Crippen LogP contribution in [0.2, 0.25) is 0 Å². The number of para-hydroxylation sites is 1. The average molecular weight is 437 g/mol. The number of carbonyl (C=O) groups is 2. The normalized spacial score (nSPS) is 12.2. The number of thiocarbonyl (C=S) groups is 1. The van der Waals surface area contributed by atoms with Gasteiger partial charge in [0.1, 0.15) is 5.00 Å². The molecule has 0 atom stereocenters. The van der Waals surface area contributed by atoms with Crippen molar-refractivity contribution in [3.8, 4) is 0 Å². The third-order valence-corrected chi connectivity index (χ3v) is 6.41. The molecule has 1 heterocycles. The van der Waals surface area contributed by atoms with Gasteiger partial charge in [-0.2, -0.15) is 0 Å². The number of thiophene rings is 1. The van der Waals surface area contributed by atoms with E-state index in [1.165, 1.54) is 23.3 Å². The Balaban J connectivity index is 1.57. The second-order valence-corrected chi connectivity index (χ2v) is 8.39. The van der Waals surface area contributed by atoms with Crippen LogP contribution in [0.25, 0.3) is 0 Å². The minimum Gasteiger partial charge on any atom is -0.465 e. The van der Waals surface area contributed by atoms with Gasteiger partial charge in [-0.15, -0.1) is 11.3 Å². The highest BCUT2D eigenvalue weighted by atomic mass is 32.1. The quantitative estimate of drug-likeness (QED) is 0.331. The summed E-state index contributed by atoms with van der Waals surface area (Å²) in [7, 11) is 1.38. The van der Waals surface area contributed by atoms with Crippen molar-refractivity contribution in [2.45, 2.75) is 19.3 Å². The number of aryl methyl sites for hydroxylation is 1. The Morgan fingerprint density at radius 1 is 1.00 bits per heavy atom. The zero-order valence-electron chi connectivity index (χ0n) is 16.4. The van der Waals surface area contributed by atoms with Crippen LogP contribution in [0.5, 0.6) is 0 Å². The number of hydrogen-bond acceptors (Lipinski definition) is 5. The van der Waals surface area contributed by atoms with E-state index in [4.69, 9.17) is 17.0 Å². The molecule has 0 fully saturated rings. The van der Waals surface area contributed by atoms with E-state index in [1.807, 2.05) is 30.3 Å². The molecule has 1 aliphatic carbocycles. The Bertz CT molecular complexity index is 1120. The van der Waals surface area contributed by atoms with Crippen molar-refractivity contribution >= 4 is 51.1 Å². The standard InChI is InChI=1S/C23H20N2O3S2/c1-28-22(27)19-16-11-7-13-18(16)30-21(19)25-23(29)24-17-12-6-5-10-15(17)20(26)14-8-3-2-4-9-14/h2-6,8-10,12H,7,11,13H2,1H3,(H2,24,25,29). The van der Waals surface area contributed by atoms with Gasteiger partial charge < -0.3 is 15.4 Å². The smallest absolute Gasteiger partial charge is 0.341 e. The van der Waals surface area contributed by atoms with E-state index in [0.29, 0.717) is 32.5 Å². The van der Waals surface area contributed by atoms with Crippen molar-refractivity contribution in [3.05, 3.63) is 81.7 Å². The lowest BCUT2D eigenvalue weighted by Crippen LogP contribution is -2.21. The number of methoxy groups -OCH3 is 1. The van der Waals surface area contributed by atoms with E-state index in [0.717, 1.165) is 24.8 Å². The highest BCUT2D eigenvalue weighted by Gasteiger charge is 2.27. The molecule has 4 rings (SSSR count). The van der Waals surface area contributed by atoms with Gasteiger partial charge >= 0.3 is 5.97 Å². The van der Waals surface area contributed by atoms with Gasteiger partial charge in [0.25, 0.3) is 0 Å². The molecule has 7 heteroatoms. The molecule has 0 spiro atoms. The Morgan fingerprint density at radius 3 is 2.50 bits per heavy atom. The number of benzene rings is 2. The molecule has 2 N–H and O–H groups in total. The van der Waals surface area contributed by atoms with Gasteiger partial charge in [0.2, 0.25) is 0 Å². The molecule has 5 nitrogen and oxygen atoms in total. The zero-order chi connectivity index (χ0) is 21.1. The second kappa shape index (κ2) is 8.77. The zero-order valence-corrected chi connectivity index (χ0v) is 18.0. The summed E-state index contributed by atoms with van der Waals surface area (Å²) in [4.78, 5) is 26.4. The van der Waals surface area contributed by atoms with E-state index in [2.05, 4.69) is 10.6 Å². The maximum atomic E-state index is 12.9. The van der Waals surface area contributed by atoms with Gasteiger partial charge in [0.15, 0.2) is 10.9 Å². The highest BCUT2D eigenvalue weighted by molar-refractivity contribution is 7.80. The summed E-state index contributed by atoms with van der Waals surface area (Å²) >= 11 is 7.02. The molecule has 0 aliphatic heterocycles. The Kier molecular flexibility index (Phi) is 5.92. The number of anilines is 2. The summed E-state index contributed by atoms with van der Waals surface area (Å²) in [6.45, 7) is 0. The minimum absolute atomic E-state index is 0.0909. The lowest BCUT2D eigenvalue weighted by molar-refractivity contribution is 0.0601. The first-order chi connectivity index (χ1) is 14.6. The first kappa shape index (κ1) is 20.3. The minimum atomic E-state index is -0.362. The third-order valence-electron chi connectivity index (χ3n) is 4.99. The number of rotatable bonds is 5. The average Bonchev–Trinajstić information content (AvgIpc) is 3.34. The van der Waals surface area contributed by atoms with Gasteiger partial charge in [0.05, 0.1) is 18.4 Å². The van der Waals surface area contributed by atoms with Crippen molar-refractivity contribution in [1.29, 1.82) is 0 Å². The monoisotopic (exact) mass is 436 g/mol. The van der Waals surface area contributed by atoms with Crippen LogP contribution in [0, 0.1) is 0 Å². The van der Waals surface area contributed by atoms with E-state index in [-0.39, 0.29) is 11.8 Å². The maximum Gasteiger partial charge on any atom is 0.341 e. The SMILES string of the molecule is COC(=O)c1c(NC(=S)Nc2ccccc2C(=O)c2ccccc2)sc2c1CCC2. The first-order valence-electron chi connectivity index (χ1n) is 9.58. The van der Waals surface area contributed by atoms with Crippen LogP contribution in [0.3, 0.4) is 0 Å². The van der Waals surface area contributed by atoms with Crippen LogP contribution in [0.1, 0.15) is 43.1 Å². The van der Waals surface area contributed by atoms with Gasteiger partial charge in [-0.1, -0.05) is 42.5 Å². The summed E-state index contributed by atoms with van der Waals surface area (Å²) < 4.78 is 4.98. The summed E-state index contributed by atoms with van der Waals surface area (Å²) in [5.74, 6) is -0.453. The molecule has 0 bridgehead atoms. The molecule has 0 radical (unpaired) electrons. The van der Waals surface area contributed by atoms with Gasteiger partial charge in [-0.25, -0.2) is 4.79 Å². The second-order valence-electron chi connectivity index (χ2n) is 6.87. The molecular formula is C23H20N2O3S2. The number of fused-ring (bicyclic) bond motifs is 1. The largest absolute Gasteiger partial charge is 0.465 e. The Hall–Kier alpha value is -3.03. The highest BCUT2D eigenvalue weighted by Crippen LogP contribution is 2.39. The van der Waals surface area contributed by atoms with Crippen molar-refractivity contribution < 1.29 is 14.3 Å². The fourth-order valence-electron chi connectivity index (χ4n) is 3.60. The molecule has 1 aromatic heterocycles. The van der Waals surface area contributed by atoms with Crippen LogP contribution in [0.4, 0.5) is 10.7 Å². The number of ether oxygens (including phenoxy) is 1. The molecule has 1 aliphatic rings. The van der Waals surface area contributed by atoms with E-state index < -0.39 is 0 Å².